The van der Waals surface area contributed by atoms with Crippen molar-refractivity contribution in [2.75, 3.05) is 6.79 Å². The van der Waals surface area contributed by atoms with Gasteiger partial charge in [0.1, 0.15) is 0 Å². The topological polar surface area (TPSA) is 88.6 Å². The first kappa shape index (κ1) is 17.7. The molecule has 0 saturated heterocycles. The lowest BCUT2D eigenvalue weighted by Crippen LogP contribution is -2.19. The summed E-state index contributed by atoms with van der Waals surface area (Å²) in [5.41, 5.74) is 5.23. The zero-order chi connectivity index (χ0) is 18.7. The van der Waals surface area contributed by atoms with Crippen molar-refractivity contribution >= 4 is 17.7 Å². The van der Waals surface area contributed by atoms with E-state index in [1.165, 1.54) is 0 Å². The number of ether oxygens (including phenoxy) is 2. The molecular formula is C19H22N4O3. The van der Waals surface area contributed by atoms with Gasteiger partial charge in [-0.1, -0.05) is 32.9 Å². The first-order chi connectivity index (χ1) is 12.3. The molecular weight excluding hydrogens is 332 g/mol. The highest BCUT2D eigenvalue weighted by molar-refractivity contribution is 5.98. The zero-order valence-electron chi connectivity index (χ0n) is 15.3. The standard InChI is InChI=1S/C19H22N4O3/c1-12(5-6-13-7-8-15-16(9-13)26-11-25-15)20-23-18(24)14-10-17(22-21-14)19(2,3)4/h5-10H,11H2,1-4H3,(H,21,22)(H,23,24). The van der Waals surface area contributed by atoms with Crippen molar-refractivity contribution in [1.29, 1.82) is 0 Å². The highest BCUT2D eigenvalue weighted by Crippen LogP contribution is 2.32. The van der Waals surface area contributed by atoms with Gasteiger partial charge in [0.05, 0.1) is 5.71 Å². The van der Waals surface area contributed by atoms with E-state index in [9.17, 15) is 4.79 Å². The normalized spacial score (nSPS) is 14.1. The number of H-pyrrole nitrogens is 1. The Balaban J connectivity index is 1.61. The fourth-order valence-electron chi connectivity index (χ4n) is 2.29. The molecule has 0 fully saturated rings. The molecule has 2 N–H and O–H groups in total. The average molecular weight is 354 g/mol. The minimum atomic E-state index is -0.354. The SMILES string of the molecule is CC(C=Cc1ccc2c(c1)OCO2)=NNC(=O)c1cc(C(C)(C)C)[nH]n1. The highest BCUT2D eigenvalue weighted by atomic mass is 16.7. The average Bonchev–Trinajstić information content (AvgIpc) is 3.25. The van der Waals surface area contributed by atoms with Crippen molar-refractivity contribution in [2.45, 2.75) is 33.1 Å². The van der Waals surface area contributed by atoms with Crippen LogP contribution in [0.1, 0.15) is 49.4 Å². The Morgan fingerprint density at radius 1 is 1.27 bits per heavy atom. The predicted molar refractivity (Wildman–Crippen MR) is 99.5 cm³/mol. The van der Waals surface area contributed by atoms with Gasteiger partial charge in [0.15, 0.2) is 17.2 Å². The quantitative estimate of drug-likeness (QED) is 0.651. The number of amides is 1. The lowest BCUT2D eigenvalue weighted by Gasteiger charge is -2.14. The number of aromatic nitrogens is 2. The van der Waals surface area contributed by atoms with E-state index in [1.807, 2.05) is 51.1 Å². The second-order valence-corrected chi connectivity index (χ2v) is 7.06. The lowest BCUT2D eigenvalue weighted by atomic mass is 9.92. The molecule has 3 rings (SSSR count). The van der Waals surface area contributed by atoms with Gasteiger partial charge in [-0.2, -0.15) is 10.2 Å². The summed E-state index contributed by atoms with van der Waals surface area (Å²) >= 11 is 0. The van der Waals surface area contributed by atoms with E-state index in [0.29, 0.717) is 11.4 Å². The van der Waals surface area contributed by atoms with Gasteiger partial charge >= 0.3 is 0 Å². The van der Waals surface area contributed by atoms with Crippen LogP contribution in [0.4, 0.5) is 0 Å². The number of nitrogens with zero attached hydrogens (tertiary/aromatic N) is 2. The summed E-state index contributed by atoms with van der Waals surface area (Å²) in [4.78, 5) is 12.1. The fraction of sp³-hybridized carbons (Fsp3) is 0.316. The molecule has 1 aromatic heterocycles. The minimum absolute atomic E-state index is 0.0991. The molecule has 2 heterocycles. The van der Waals surface area contributed by atoms with Gasteiger partial charge in [0.25, 0.3) is 5.91 Å². The van der Waals surface area contributed by atoms with Crippen molar-refractivity contribution in [3.8, 4) is 11.5 Å². The second-order valence-electron chi connectivity index (χ2n) is 7.06. The molecule has 1 aliphatic heterocycles. The molecule has 1 amide bonds. The third-order valence-corrected chi connectivity index (χ3v) is 3.87. The molecule has 0 radical (unpaired) electrons. The number of nitrogens with one attached hydrogen (secondary N) is 2. The Hall–Kier alpha value is -3.09. The maximum Gasteiger partial charge on any atom is 0.291 e. The van der Waals surface area contributed by atoms with Crippen LogP contribution in [-0.4, -0.2) is 28.6 Å². The second kappa shape index (κ2) is 7.03. The van der Waals surface area contributed by atoms with E-state index < -0.39 is 0 Å². The molecule has 0 saturated carbocycles. The molecule has 2 aromatic rings. The van der Waals surface area contributed by atoms with Crippen molar-refractivity contribution in [1.82, 2.24) is 15.6 Å². The molecule has 26 heavy (non-hydrogen) atoms. The van der Waals surface area contributed by atoms with Gasteiger partial charge in [-0.3, -0.25) is 9.89 Å². The Morgan fingerprint density at radius 3 is 2.77 bits per heavy atom. The van der Waals surface area contributed by atoms with Crippen LogP contribution in [0.15, 0.2) is 35.4 Å². The Bertz CT molecular complexity index is 875. The van der Waals surface area contributed by atoms with Gasteiger partial charge < -0.3 is 9.47 Å². The van der Waals surface area contributed by atoms with Gasteiger partial charge in [-0.05, 0) is 36.8 Å². The maximum absolute atomic E-state index is 12.1. The fourth-order valence-corrected chi connectivity index (χ4v) is 2.29. The lowest BCUT2D eigenvalue weighted by molar-refractivity contribution is 0.0950. The molecule has 1 aliphatic rings. The van der Waals surface area contributed by atoms with Crippen molar-refractivity contribution in [3.63, 3.8) is 0 Å². The largest absolute Gasteiger partial charge is 0.454 e. The van der Waals surface area contributed by atoms with Crippen LogP contribution in [0.2, 0.25) is 0 Å². The van der Waals surface area contributed by atoms with Crippen LogP contribution in [0, 0.1) is 0 Å². The number of carbonyl (C=O) groups excluding carboxylic acids is 1. The third kappa shape index (κ3) is 4.11. The number of rotatable bonds is 4. The smallest absolute Gasteiger partial charge is 0.291 e. The van der Waals surface area contributed by atoms with E-state index in [1.54, 1.807) is 13.0 Å². The summed E-state index contributed by atoms with van der Waals surface area (Å²) < 4.78 is 10.6. The Kier molecular flexibility index (Phi) is 4.79. The molecule has 0 unspecified atom stereocenters. The molecule has 0 aliphatic carbocycles. The van der Waals surface area contributed by atoms with Crippen molar-refractivity contribution in [3.05, 3.63) is 47.3 Å². The van der Waals surface area contributed by atoms with E-state index in [2.05, 4.69) is 20.7 Å². The summed E-state index contributed by atoms with van der Waals surface area (Å²) in [6.45, 7) is 8.19. The van der Waals surface area contributed by atoms with E-state index >= 15 is 0 Å². The zero-order valence-corrected chi connectivity index (χ0v) is 15.3. The first-order valence-electron chi connectivity index (χ1n) is 8.31. The molecule has 0 spiro atoms. The van der Waals surface area contributed by atoms with Gasteiger partial charge in [0, 0.05) is 11.1 Å². The van der Waals surface area contributed by atoms with Crippen LogP contribution < -0.4 is 14.9 Å². The summed E-state index contributed by atoms with van der Waals surface area (Å²) in [6, 6.07) is 7.42. The Labute approximate surface area is 152 Å². The number of aromatic amines is 1. The number of hydrogen-bond acceptors (Lipinski definition) is 5. The van der Waals surface area contributed by atoms with Crippen LogP contribution in [0.5, 0.6) is 11.5 Å². The van der Waals surface area contributed by atoms with Crippen molar-refractivity contribution in [2.24, 2.45) is 5.10 Å². The first-order valence-corrected chi connectivity index (χ1v) is 8.31. The molecule has 7 heteroatoms. The summed E-state index contributed by atoms with van der Waals surface area (Å²) in [7, 11) is 0. The highest BCUT2D eigenvalue weighted by Gasteiger charge is 2.19. The number of hydrazone groups is 1. The van der Waals surface area contributed by atoms with E-state index in [-0.39, 0.29) is 18.1 Å². The number of fused-ring (bicyclic) bond motifs is 1. The molecule has 136 valence electrons. The van der Waals surface area contributed by atoms with Crippen molar-refractivity contribution < 1.29 is 14.3 Å². The van der Waals surface area contributed by atoms with E-state index in [0.717, 1.165) is 22.8 Å². The minimum Gasteiger partial charge on any atom is -0.454 e. The number of hydrogen-bond donors (Lipinski definition) is 2. The monoisotopic (exact) mass is 354 g/mol. The molecule has 0 bridgehead atoms. The summed E-state index contributed by atoms with van der Waals surface area (Å²) in [5.74, 6) is 1.12. The number of allylic oxidation sites excluding steroid dienone is 1. The number of carbonyl (C=O) groups is 1. The Morgan fingerprint density at radius 2 is 2.04 bits per heavy atom. The van der Waals surface area contributed by atoms with Crippen LogP contribution in [0.3, 0.4) is 0 Å². The summed E-state index contributed by atoms with van der Waals surface area (Å²) in [6.07, 6.45) is 3.70. The summed E-state index contributed by atoms with van der Waals surface area (Å²) in [5, 5.41) is 11.0. The predicted octanol–water partition coefficient (Wildman–Crippen LogP) is 3.26. The third-order valence-electron chi connectivity index (χ3n) is 3.87. The van der Waals surface area contributed by atoms with Gasteiger partial charge in [0.2, 0.25) is 6.79 Å². The number of benzene rings is 1. The maximum atomic E-state index is 12.1. The molecule has 0 atom stereocenters. The molecule has 7 nitrogen and oxygen atoms in total. The van der Waals surface area contributed by atoms with Crippen LogP contribution in [0.25, 0.3) is 6.08 Å². The van der Waals surface area contributed by atoms with Gasteiger partial charge in [-0.25, -0.2) is 5.43 Å². The van der Waals surface area contributed by atoms with Gasteiger partial charge in [-0.15, -0.1) is 0 Å². The van der Waals surface area contributed by atoms with E-state index in [4.69, 9.17) is 9.47 Å². The van der Waals surface area contributed by atoms with Crippen LogP contribution in [-0.2, 0) is 5.41 Å². The van der Waals surface area contributed by atoms with Crippen LogP contribution >= 0.6 is 0 Å². The molecule has 1 aromatic carbocycles.